The van der Waals surface area contributed by atoms with E-state index in [1.165, 1.54) is 36.4 Å². The van der Waals surface area contributed by atoms with E-state index in [1.54, 1.807) is 0 Å². The molecule has 1 aromatic rings. The molecule has 0 radical (unpaired) electrons. The molecule has 1 fully saturated rings. The predicted molar refractivity (Wildman–Crippen MR) is 75.7 cm³/mol. The van der Waals surface area contributed by atoms with E-state index in [-0.39, 0.29) is 0 Å². The smallest absolute Gasteiger partial charge is 0.0105 e. The Bertz CT molecular complexity index is 329. The van der Waals surface area contributed by atoms with E-state index in [0.29, 0.717) is 0 Å². The fourth-order valence-electron chi connectivity index (χ4n) is 2.55. The van der Waals surface area contributed by atoms with E-state index in [4.69, 9.17) is 5.73 Å². The molecule has 0 unspecified atom stereocenters. The van der Waals surface area contributed by atoms with Crippen LogP contribution in [0.1, 0.15) is 24.3 Å². The van der Waals surface area contributed by atoms with Gasteiger partial charge in [-0.3, -0.25) is 0 Å². The summed E-state index contributed by atoms with van der Waals surface area (Å²) in [6, 6.07) is 9.09. The molecule has 1 aliphatic rings. The van der Waals surface area contributed by atoms with Gasteiger partial charge in [-0.1, -0.05) is 12.1 Å². The first-order chi connectivity index (χ1) is 8.33. The summed E-state index contributed by atoms with van der Waals surface area (Å²) >= 11 is 1.81. The zero-order chi connectivity index (χ0) is 12.1. The Labute approximate surface area is 109 Å². The van der Waals surface area contributed by atoms with Crippen molar-refractivity contribution in [2.24, 2.45) is 5.73 Å². The van der Waals surface area contributed by atoms with Crippen LogP contribution in [0, 0.1) is 0 Å². The first-order valence-electron chi connectivity index (χ1n) is 6.40. The minimum absolute atomic E-state index is 0.750. The predicted octanol–water partition coefficient (Wildman–Crippen LogP) is 2.55. The second-order valence-corrected chi connectivity index (χ2v) is 5.56. The van der Waals surface area contributed by atoms with Gasteiger partial charge in [0.15, 0.2) is 0 Å². The second-order valence-electron chi connectivity index (χ2n) is 4.68. The molecule has 0 aromatic heterocycles. The highest BCUT2D eigenvalue weighted by Gasteiger charge is 2.19. The summed E-state index contributed by atoms with van der Waals surface area (Å²) < 4.78 is 0. The number of benzene rings is 1. The Morgan fingerprint density at radius 2 is 1.88 bits per heavy atom. The van der Waals surface area contributed by atoms with Gasteiger partial charge in [-0.15, -0.1) is 11.8 Å². The van der Waals surface area contributed by atoms with Crippen LogP contribution >= 0.6 is 11.8 Å². The Balaban J connectivity index is 1.91. The molecule has 2 rings (SSSR count). The van der Waals surface area contributed by atoms with Crippen LogP contribution in [-0.2, 0) is 0 Å². The first kappa shape index (κ1) is 12.9. The maximum absolute atomic E-state index is 5.59. The van der Waals surface area contributed by atoms with Crippen LogP contribution in [0.4, 0.5) is 0 Å². The molecule has 1 saturated heterocycles. The molecule has 0 atom stereocenters. The summed E-state index contributed by atoms with van der Waals surface area (Å²) in [6.45, 7) is 4.24. The summed E-state index contributed by atoms with van der Waals surface area (Å²) in [7, 11) is 0. The lowest BCUT2D eigenvalue weighted by Crippen LogP contribution is -2.36. The monoisotopic (exact) mass is 250 g/mol. The molecule has 1 aromatic carbocycles. The molecule has 0 amide bonds. The highest BCUT2D eigenvalue weighted by atomic mass is 32.2. The average molecular weight is 250 g/mol. The van der Waals surface area contributed by atoms with Crippen LogP contribution in [0.3, 0.4) is 0 Å². The van der Waals surface area contributed by atoms with Gasteiger partial charge in [0.25, 0.3) is 0 Å². The zero-order valence-electron chi connectivity index (χ0n) is 10.6. The third-order valence-electron chi connectivity index (χ3n) is 3.62. The number of piperidine rings is 1. The third kappa shape index (κ3) is 3.47. The number of rotatable bonds is 4. The fourth-order valence-corrected chi connectivity index (χ4v) is 2.96. The topological polar surface area (TPSA) is 29.3 Å². The summed E-state index contributed by atoms with van der Waals surface area (Å²) in [5, 5.41) is 0. The number of hydrogen-bond donors (Lipinski definition) is 1. The molecular weight excluding hydrogens is 228 g/mol. The summed E-state index contributed by atoms with van der Waals surface area (Å²) in [5.41, 5.74) is 7.10. The van der Waals surface area contributed by atoms with Gasteiger partial charge >= 0.3 is 0 Å². The van der Waals surface area contributed by atoms with E-state index in [2.05, 4.69) is 35.4 Å². The molecule has 2 N–H and O–H groups in total. The number of nitrogens with two attached hydrogens (primary N) is 1. The standard InChI is InChI=1S/C14H22N2S/c1-17-14-4-2-12(3-5-14)13-6-9-16(10-7-13)11-8-15/h2-5,13H,6-11,15H2,1H3. The SMILES string of the molecule is CSc1ccc(C2CCN(CCN)CC2)cc1. The van der Waals surface area contributed by atoms with Crippen molar-refractivity contribution in [1.82, 2.24) is 4.90 Å². The molecule has 0 bridgehead atoms. The van der Waals surface area contributed by atoms with Crippen molar-refractivity contribution in [2.45, 2.75) is 23.7 Å². The molecule has 94 valence electrons. The first-order valence-corrected chi connectivity index (χ1v) is 7.62. The van der Waals surface area contributed by atoms with Crippen LogP contribution in [0.5, 0.6) is 0 Å². The highest BCUT2D eigenvalue weighted by Crippen LogP contribution is 2.29. The van der Waals surface area contributed by atoms with E-state index in [9.17, 15) is 0 Å². The third-order valence-corrected chi connectivity index (χ3v) is 4.36. The highest BCUT2D eigenvalue weighted by molar-refractivity contribution is 7.98. The number of hydrogen-bond acceptors (Lipinski definition) is 3. The van der Waals surface area contributed by atoms with E-state index < -0.39 is 0 Å². The molecule has 2 nitrogen and oxygen atoms in total. The van der Waals surface area contributed by atoms with Crippen LogP contribution < -0.4 is 5.73 Å². The Kier molecular flexibility index (Phi) is 4.89. The minimum Gasteiger partial charge on any atom is -0.329 e. The van der Waals surface area contributed by atoms with Crippen LogP contribution in [0.2, 0.25) is 0 Å². The lowest BCUT2D eigenvalue weighted by molar-refractivity contribution is 0.218. The zero-order valence-corrected chi connectivity index (χ0v) is 11.4. The average Bonchev–Trinajstić information content (AvgIpc) is 2.40. The van der Waals surface area contributed by atoms with Crippen molar-refractivity contribution in [2.75, 3.05) is 32.4 Å². The quantitative estimate of drug-likeness (QED) is 0.833. The number of likely N-dealkylation sites (tertiary alicyclic amines) is 1. The van der Waals surface area contributed by atoms with Gasteiger partial charge in [0.1, 0.15) is 0 Å². The van der Waals surface area contributed by atoms with Crippen LogP contribution in [0.15, 0.2) is 29.2 Å². The second kappa shape index (κ2) is 6.43. The molecule has 1 aliphatic heterocycles. The lowest BCUT2D eigenvalue weighted by atomic mass is 9.89. The fraction of sp³-hybridized carbons (Fsp3) is 0.571. The van der Waals surface area contributed by atoms with Gasteiger partial charge in [0, 0.05) is 18.0 Å². The molecule has 1 heterocycles. The van der Waals surface area contributed by atoms with E-state index in [1.807, 2.05) is 11.8 Å². The maximum Gasteiger partial charge on any atom is 0.0105 e. The number of thioether (sulfide) groups is 1. The largest absolute Gasteiger partial charge is 0.329 e. The van der Waals surface area contributed by atoms with Crippen molar-refractivity contribution >= 4 is 11.8 Å². The summed E-state index contributed by atoms with van der Waals surface area (Å²) in [4.78, 5) is 3.83. The Hall–Kier alpha value is -0.510. The van der Waals surface area contributed by atoms with Gasteiger partial charge < -0.3 is 10.6 Å². The Morgan fingerprint density at radius 3 is 2.41 bits per heavy atom. The summed E-state index contributed by atoms with van der Waals surface area (Å²) in [5.74, 6) is 0.750. The minimum atomic E-state index is 0.750. The van der Waals surface area contributed by atoms with Crippen LogP contribution in [0.25, 0.3) is 0 Å². The van der Waals surface area contributed by atoms with Crippen molar-refractivity contribution < 1.29 is 0 Å². The molecule has 17 heavy (non-hydrogen) atoms. The molecular formula is C14H22N2S. The molecule has 3 heteroatoms. The van der Waals surface area contributed by atoms with Gasteiger partial charge in [-0.2, -0.15) is 0 Å². The Morgan fingerprint density at radius 1 is 1.24 bits per heavy atom. The van der Waals surface area contributed by atoms with E-state index >= 15 is 0 Å². The van der Waals surface area contributed by atoms with Gasteiger partial charge in [0.2, 0.25) is 0 Å². The van der Waals surface area contributed by atoms with Crippen molar-refractivity contribution in [3.05, 3.63) is 29.8 Å². The van der Waals surface area contributed by atoms with Crippen molar-refractivity contribution in [3.63, 3.8) is 0 Å². The van der Waals surface area contributed by atoms with Crippen molar-refractivity contribution in [1.29, 1.82) is 0 Å². The van der Waals surface area contributed by atoms with Crippen LogP contribution in [-0.4, -0.2) is 37.3 Å². The summed E-state index contributed by atoms with van der Waals surface area (Å²) in [6.07, 6.45) is 4.68. The normalized spacial score (nSPS) is 18.5. The van der Waals surface area contributed by atoms with Gasteiger partial charge in [-0.05, 0) is 55.8 Å². The lowest BCUT2D eigenvalue weighted by Gasteiger charge is -2.31. The van der Waals surface area contributed by atoms with Gasteiger partial charge in [0.05, 0.1) is 0 Å². The molecule has 0 saturated carbocycles. The van der Waals surface area contributed by atoms with Gasteiger partial charge in [-0.25, -0.2) is 0 Å². The molecule has 0 aliphatic carbocycles. The maximum atomic E-state index is 5.59. The van der Waals surface area contributed by atoms with Crippen molar-refractivity contribution in [3.8, 4) is 0 Å². The molecule has 0 spiro atoms. The number of nitrogens with zero attached hydrogens (tertiary/aromatic N) is 1. The van der Waals surface area contributed by atoms with E-state index in [0.717, 1.165) is 19.0 Å².